The van der Waals surface area contributed by atoms with Crippen molar-refractivity contribution in [2.24, 2.45) is 0 Å². The number of para-hydroxylation sites is 1. The summed E-state index contributed by atoms with van der Waals surface area (Å²) in [6.07, 6.45) is 0. The highest BCUT2D eigenvalue weighted by Gasteiger charge is 2.30. The van der Waals surface area contributed by atoms with E-state index in [2.05, 4.69) is 4.90 Å². The standard InChI is InChI=1S/C16H17FN2O2S/c17-15-8-4-5-9-16(15)22(20,21)19-12-10-18(11-13-19)14-6-2-1-3-7-14/h1-9H,10-13H2. The third-order valence-electron chi connectivity index (χ3n) is 3.81. The molecule has 0 radical (unpaired) electrons. The number of hydrogen-bond acceptors (Lipinski definition) is 3. The number of anilines is 1. The Kier molecular flexibility index (Phi) is 4.13. The number of nitrogens with zero attached hydrogens (tertiary/aromatic N) is 2. The van der Waals surface area contributed by atoms with Crippen molar-refractivity contribution in [1.29, 1.82) is 0 Å². The highest BCUT2D eigenvalue weighted by atomic mass is 32.2. The molecule has 1 saturated heterocycles. The predicted molar refractivity (Wildman–Crippen MR) is 83.8 cm³/mol. The molecule has 2 aromatic carbocycles. The van der Waals surface area contributed by atoms with Crippen LogP contribution in [0.15, 0.2) is 59.5 Å². The van der Waals surface area contributed by atoms with Gasteiger partial charge in [0.25, 0.3) is 0 Å². The molecule has 0 spiro atoms. The fraction of sp³-hybridized carbons (Fsp3) is 0.250. The molecule has 22 heavy (non-hydrogen) atoms. The molecule has 2 aromatic rings. The van der Waals surface area contributed by atoms with Crippen LogP contribution in [-0.2, 0) is 10.0 Å². The molecule has 0 saturated carbocycles. The van der Waals surface area contributed by atoms with Gasteiger partial charge in [-0.2, -0.15) is 4.31 Å². The van der Waals surface area contributed by atoms with Crippen molar-refractivity contribution in [3.63, 3.8) is 0 Å². The predicted octanol–water partition coefficient (Wildman–Crippen LogP) is 2.34. The van der Waals surface area contributed by atoms with Crippen LogP contribution in [0.1, 0.15) is 0 Å². The first-order valence-electron chi connectivity index (χ1n) is 7.14. The summed E-state index contributed by atoms with van der Waals surface area (Å²) in [5.41, 5.74) is 1.07. The number of hydrogen-bond donors (Lipinski definition) is 0. The van der Waals surface area contributed by atoms with Gasteiger partial charge in [-0.05, 0) is 24.3 Å². The normalized spacial score (nSPS) is 16.7. The first-order chi connectivity index (χ1) is 10.6. The lowest BCUT2D eigenvalue weighted by Crippen LogP contribution is -2.48. The van der Waals surface area contributed by atoms with Gasteiger partial charge in [0.05, 0.1) is 0 Å². The topological polar surface area (TPSA) is 40.6 Å². The van der Waals surface area contributed by atoms with E-state index in [0.29, 0.717) is 26.2 Å². The van der Waals surface area contributed by atoms with Crippen LogP contribution in [0.4, 0.5) is 10.1 Å². The fourth-order valence-corrected chi connectivity index (χ4v) is 4.11. The van der Waals surface area contributed by atoms with Crippen LogP contribution in [0.3, 0.4) is 0 Å². The largest absolute Gasteiger partial charge is 0.369 e. The van der Waals surface area contributed by atoms with Gasteiger partial charge in [0.1, 0.15) is 10.7 Å². The van der Waals surface area contributed by atoms with Crippen LogP contribution in [0, 0.1) is 5.82 Å². The second-order valence-electron chi connectivity index (χ2n) is 5.16. The fourth-order valence-electron chi connectivity index (χ4n) is 2.62. The number of halogens is 1. The molecule has 3 rings (SSSR count). The third kappa shape index (κ3) is 2.84. The third-order valence-corrected chi connectivity index (χ3v) is 5.75. The Morgan fingerprint density at radius 1 is 0.818 bits per heavy atom. The second-order valence-corrected chi connectivity index (χ2v) is 7.06. The summed E-state index contributed by atoms with van der Waals surface area (Å²) in [5, 5.41) is 0. The van der Waals surface area contributed by atoms with Crippen molar-refractivity contribution in [2.45, 2.75) is 4.90 Å². The van der Waals surface area contributed by atoms with Crippen molar-refractivity contribution in [1.82, 2.24) is 4.31 Å². The number of sulfonamides is 1. The maximum Gasteiger partial charge on any atom is 0.246 e. The van der Waals surface area contributed by atoms with E-state index in [1.807, 2.05) is 30.3 Å². The zero-order valence-corrected chi connectivity index (χ0v) is 12.8. The molecule has 0 atom stereocenters. The lowest BCUT2D eigenvalue weighted by atomic mass is 10.2. The second kappa shape index (κ2) is 6.06. The quantitative estimate of drug-likeness (QED) is 0.871. The van der Waals surface area contributed by atoms with Crippen LogP contribution in [0.5, 0.6) is 0 Å². The van der Waals surface area contributed by atoms with E-state index in [-0.39, 0.29) is 4.90 Å². The summed E-state index contributed by atoms with van der Waals surface area (Å²) in [6, 6.07) is 15.4. The molecule has 1 aliphatic rings. The summed E-state index contributed by atoms with van der Waals surface area (Å²) < 4.78 is 40.2. The van der Waals surface area contributed by atoms with Crippen molar-refractivity contribution in [3.8, 4) is 0 Å². The van der Waals surface area contributed by atoms with Crippen LogP contribution < -0.4 is 4.90 Å². The summed E-state index contributed by atoms with van der Waals surface area (Å²) in [7, 11) is -3.77. The van der Waals surface area contributed by atoms with Crippen molar-refractivity contribution < 1.29 is 12.8 Å². The highest BCUT2D eigenvalue weighted by molar-refractivity contribution is 7.89. The molecule has 0 amide bonds. The summed E-state index contributed by atoms with van der Waals surface area (Å²) in [6.45, 7) is 1.90. The minimum Gasteiger partial charge on any atom is -0.369 e. The monoisotopic (exact) mass is 320 g/mol. The average Bonchev–Trinajstić information content (AvgIpc) is 2.56. The summed E-state index contributed by atoms with van der Waals surface area (Å²) in [4.78, 5) is 1.89. The Bertz CT molecular complexity index is 742. The maximum absolute atomic E-state index is 13.8. The highest BCUT2D eigenvalue weighted by Crippen LogP contribution is 2.22. The molecule has 0 aromatic heterocycles. The van der Waals surface area contributed by atoms with Crippen LogP contribution >= 0.6 is 0 Å². The minimum atomic E-state index is -3.77. The van der Waals surface area contributed by atoms with Gasteiger partial charge in [-0.3, -0.25) is 0 Å². The zero-order valence-electron chi connectivity index (χ0n) is 12.0. The van der Waals surface area contributed by atoms with E-state index < -0.39 is 15.8 Å². The van der Waals surface area contributed by atoms with Gasteiger partial charge in [-0.15, -0.1) is 0 Å². The lowest BCUT2D eigenvalue weighted by Gasteiger charge is -2.35. The smallest absolute Gasteiger partial charge is 0.246 e. The van der Waals surface area contributed by atoms with E-state index in [4.69, 9.17) is 0 Å². The Labute approximate surface area is 129 Å². The number of rotatable bonds is 3. The Morgan fingerprint density at radius 3 is 2.05 bits per heavy atom. The van der Waals surface area contributed by atoms with Gasteiger partial charge in [-0.1, -0.05) is 30.3 Å². The first-order valence-corrected chi connectivity index (χ1v) is 8.58. The van der Waals surface area contributed by atoms with Crippen molar-refractivity contribution in [3.05, 3.63) is 60.4 Å². The van der Waals surface area contributed by atoms with Gasteiger partial charge in [0.2, 0.25) is 10.0 Å². The minimum absolute atomic E-state index is 0.247. The molecule has 0 bridgehead atoms. The molecule has 0 unspecified atom stereocenters. The Morgan fingerprint density at radius 2 is 1.41 bits per heavy atom. The molecule has 1 fully saturated rings. The Balaban J connectivity index is 1.75. The van der Waals surface area contributed by atoms with E-state index >= 15 is 0 Å². The van der Waals surface area contributed by atoms with Gasteiger partial charge in [-0.25, -0.2) is 12.8 Å². The number of benzene rings is 2. The molecule has 6 heteroatoms. The molecule has 0 N–H and O–H groups in total. The van der Waals surface area contributed by atoms with Crippen LogP contribution in [0.2, 0.25) is 0 Å². The van der Waals surface area contributed by atoms with E-state index in [9.17, 15) is 12.8 Å². The van der Waals surface area contributed by atoms with Crippen LogP contribution in [-0.4, -0.2) is 38.9 Å². The molecular formula is C16H17FN2O2S. The van der Waals surface area contributed by atoms with Crippen molar-refractivity contribution >= 4 is 15.7 Å². The molecule has 4 nitrogen and oxygen atoms in total. The van der Waals surface area contributed by atoms with E-state index in [1.165, 1.54) is 28.6 Å². The molecular weight excluding hydrogens is 303 g/mol. The first kappa shape index (κ1) is 15.0. The van der Waals surface area contributed by atoms with Gasteiger partial charge < -0.3 is 4.90 Å². The summed E-state index contributed by atoms with van der Waals surface area (Å²) in [5.74, 6) is -0.701. The average molecular weight is 320 g/mol. The van der Waals surface area contributed by atoms with Crippen molar-refractivity contribution in [2.75, 3.05) is 31.1 Å². The molecule has 1 heterocycles. The summed E-state index contributed by atoms with van der Waals surface area (Å²) >= 11 is 0. The van der Waals surface area contributed by atoms with E-state index in [1.54, 1.807) is 0 Å². The zero-order chi connectivity index (χ0) is 15.6. The van der Waals surface area contributed by atoms with E-state index in [0.717, 1.165) is 5.69 Å². The molecule has 1 aliphatic heterocycles. The van der Waals surface area contributed by atoms with Gasteiger partial charge >= 0.3 is 0 Å². The van der Waals surface area contributed by atoms with Crippen LogP contribution in [0.25, 0.3) is 0 Å². The SMILES string of the molecule is O=S(=O)(c1ccccc1F)N1CCN(c2ccccc2)CC1. The Hall–Kier alpha value is -1.92. The maximum atomic E-state index is 13.8. The molecule has 0 aliphatic carbocycles. The number of piperazine rings is 1. The lowest BCUT2D eigenvalue weighted by molar-refractivity contribution is 0.382. The van der Waals surface area contributed by atoms with Gasteiger partial charge in [0.15, 0.2) is 0 Å². The van der Waals surface area contributed by atoms with Gasteiger partial charge in [0, 0.05) is 31.9 Å². The molecule has 116 valence electrons.